The van der Waals surface area contributed by atoms with E-state index in [4.69, 9.17) is 10.3 Å². The number of nitrogen functional groups attached to an aromatic ring is 1. The lowest BCUT2D eigenvalue weighted by molar-refractivity contribution is 0.329. The fraction of sp³-hybridized carbons (Fsp3) is 0.500. The molecule has 0 radical (unpaired) electrons. The Balaban J connectivity index is 1.80. The Labute approximate surface area is 112 Å². The Morgan fingerprint density at radius 3 is 2.68 bits per heavy atom. The van der Waals surface area contributed by atoms with Gasteiger partial charge in [-0.05, 0) is 30.9 Å². The fourth-order valence-corrected chi connectivity index (χ4v) is 2.59. The first-order valence-corrected chi connectivity index (χ1v) is 6.79. The van der Waals surface area contributed by atoms with Crippen LogP contribution >= 0.6 is 0 Å². The van der Waals surface area contributed by atoms with Crippen molar-refractivity contribution < 1.29 is 4.52 Å². The first-order chi connectivity index (χ1) is 9.22. The van der Waals surface area contributed by atoms with Crippen molar-refractivity contribution in [1.29, 1.82) is 0 Å². The maximum absolute atomic E-state index is 5.66. The number of hydrogen-bond acceptors (Lipinski definition) is 5. The molecule has 0 bridgehead atoms. The van der Waals surface area contributed by atoms with Crippen LogP contribution in [0.15, 0.2) is 22.7 Å². The predicted molar refractivity (Wildman–Crippen MR) is 72.3 cm³/mol. The molecule has 1 saturated carbocycles. The summed E-state index contributed by atoms with van der Waals surface area (Å²) in [5.41, 5.74) is 6.30. The summed E-state index contributed by atoms with van der Waals surface area (Å²) in [7, 11) is 0. The van der Waals surface area contributed by atoms with Crippen molar-refractivity contribution in [2.24, 2.45) is 5.92 Å². The van der Waals surface area contributed by atoms with E-state index in [-0.39, 0.29) is 0 Å². The van der Waals surface area contributed by atoms with E-state index in [1.807, 2.05) is 12.1 Å². The zero-order chi connectivity index (χ0) is 13.2. The van der Waals surface area contributed by atoms with Crippen molar-refractivity contribution in [3.05, 3.63) is 24.0 Å². The van der Waals surface area contributed by atoms with Gasteiger partial charge in [-0.15, -0.1) is 0 Å². The molecule has 19 heavy (non-hydrogen) atoms. The molecule has 1 aliphatic rings. The number of aromatic nitrogens is 3. The Kier molecular flexibility index (Phi) is 3.19. The lowest BCUT2D eigenvalue weighted by Gasteiger charge is -2.23. The third kappa shape index (κ3) is 2.59. The molecule has 2 aromatic rings. The van der Waals surface area contributed by atoms with Crippen LogP contribution in [0.4, 0.5) is 5.82 Å². The van der Waals surface area contributed by atoms with E-state index in [9.17, 15) is 0 Å². The highest BCUT2D eigenvalue weighted by Crippen LogP contribution is 2.34. The molecular weight excluding hydrogens is 240 g/mol. The second-order valence-electron chi connectivity index (χ2n) is 5.36. The van der Waals surface area contributed by atoms with Crippen LogP contribution in [0.1, 0.15) is 44.3 Å². The van der Waals surface area contributed by atoms with Gasteiger partial charge >= 0.3 is 0 Å². The van der Waals surface area contributed by atoms with E-state index >= 15 is 0 Å². The number of rotatable bonds is 2. The van der Waals surface area contributed by atoms with E-state index < -0.39 is 0 Å². The molecule has 2 heterocycles. The van der Waals surface area contributed by atoms with Gasteiger partial charge in [0.15, 0.2) is 5.82 Å². The molecule has 1 fully saturated rings. The third-order valence-electron chi connectivity index (χ3n) is 3.81. The number of anilines is 1. The molecule has 2 aromatic heterocycles. The smallest absolute Gasteiger partial charge is 0.276 e. The fourth-order valence-electron chi connectivity index (χ4n) is 2.59. The zero-order valence-corrected chi connectivity index (χ0v) is 11.0. The molecule has 5 heteroatoms. The van der Waals surface area contributed by atoms with Gasteiger partial charge in [-0.2, -0.15) is 4.98 Å². The first-order valence-electron chi connectivity index (χ1n) is 6.79. The largest absolute Gasteiger partial charge is 0.384 e. The molecule has 1 aliphatic carbocycles. The van der Waals surface area contributed by atoms with Crippen molar-refractivity contribution >= 4 is 5.82 Å². The molecular formula is C14H18N4O. The van der Waals surface area contributed by atoms with Crippen LogP contribution in [-0.2, 0) is 0 Å². The Bertz CT molecular complexity index is 558. The molecule has 0 aromatic carbocycles. The maximum Gasteiger partial charge on any atom is 0.276 e. The van der Waals surface area contributed by atoms with Gasteiger partial charge in [0.1, 0.15) is 11.5 Å². The second-order valence-corrected chi connectivity index (χ2v) is 5.36. The van der Waals surface area contributed by atoms with Gasteiger partial charge in [-0.1, -0.05) is 31.0 Å². The normalized spacial score (nSPS) is 23.4. The van der Waals surface area contributed by atoms with Crippen molar-refractivity contribution in [1.82, 2.24) is 15.1 Å². The number of nitrogens with two attached hydrogens (primary N) is 1. The topological polar surface area (TPSA) is 77.8 Å². The summed E-state index contributed by atoms with van der Waals surface area (Å²) in [6.45, 7) is 2.30. The van der Waals surface area contributed by atoms with E-state index in [1.165, 1.54) is 12.8 Å². The zero-order valence-electron chi connectivity index (χ0n) is 11.0. The molecule has 0 unspecified atom stereocenters. The Morgan fingerprint density at radius 1 is 1.16 bits per heavy atom. The molecule has 5 nitrogen and oxygen atoms in total. The Morgan fingerprint density at radius 2 is 1.95 bits per heavy atom. The van der Waals surface area contributed by atoms with E-state index in [2.05, 4.69) is 22.0 Å². The quantitative estimate of drug-likeness (QED) is 0.895. The van der Waals surface area contributed by atoms with E-state index in [1.54, 1.807) is 6.07 Å². The summed E-state index contributed by atoms with van der Waals surface area (Å²) >= 11 is 0. The molecule has 0 saturated heterocycles. The van der Waals surface area contributed by atoms with Gasteiger partial charge in [-0.25, -0.2) is 4.98 Å². The highest BCUT2D eigenvalue weighted by Gasteiger charge is 2.24. The summed E-state index contributed by atoms with van der Waals surface area (Å²) in [6.07, 6.45) is 4.77. The summed E-state index contributed by atoms with van der Waals surface area (Å²) in [5.74, 6) is 2.98. The number of nitrogens with zero attached hydrogens (tertiary/aromatic N) is 3. The van der Waals surface area contributed by atoms with Gasteiger partial charge in [0, 0.05) is 5.92 Å². The second kappa shape index (κ2) is 4.99. The highest BCUT2D eigenvalue weighted by atomic mass is 16.5. The van der Waals surface area contributed by atoms with Crippen molar-refractivity contribution in [2.75, 3.05) is 5.73 Å². The molecule has 100 valence electrons. The van der Waals surface area contributed by atoms with Crippen LogP contribution in [0.3, 0.4) is 0 Å². The average molecular weight is 258 g/mol. The van der Waals surface area contributed by atoms with Crippen LogP contribution in [0.2, 0.25) is 0 Å². The SMILES string of the molecule is CC1CCC(c2noc(-c3cccc(N)n3)n2)CC1. The van der Waals surface area contributed by atoms with Crippen molar-refractivity contribution in [2.45, 2.75) is 38.5 Å². The highest BCUT2D eigenvalue weighted by molar-refractivity contribution is 5.50. The van der Waals surface area contributed by atoms with Crippen LogP contribution in [0.5, 0.6) is 0 Å². The van der Waals surface area contributed by atoms with Crippen LogP contribution < -0.4 is 5.73 Å². The van der Waals surface area contributed by atoms with Crippen molar-refractivity contribution in [3.63, 3.8) is 0 Å². The molecule has 3 rings (SSSR count). The molecule has 0 atom stereocenters. The maximum atomic E-state index is 5.66. The van der Waals surface area contributed by atoms with Gasteiger partial charge in [0.2, 0.25) is 0 Å². The summed E-state index contributed by atoms with van der Waals surface area (Å²) in [6, 6.07) is 5.41. The minimum Gasteiger partial charge on any atom is -0.384 e. The van der Waals surface area contributed by atoms with E-state index in [0.29, 0.717) is 23.3 Å². The predicted octanol–water partition coefficient (Wildman–Crippen LogP) is 3.01. The lowest BCUT2D eigenvalue weighted by atomic mass is 9.83. The molecule has 0 amide bonds. The summed E-state index contributed by atoms with van der Waals surface area (Å²) < 4.78 is 5.31. The summed E-state index contributed by atoms with van der Waals surface area (Å²) in [4.78, 5) is 8.67. The van der Waals surface area contributed by atoms with Gasteiger partial charge < -0.3 is 10.3 Å². The third-order valence-corrected chi connectivity index (χ3v) is 3.81. The van der Waals surface area contributed by atoms with Crippen molar-refractivity contribution in [3.8, 4) is 11.6 Å². The lowest BCUT2D eigenvalue weighted by Crippen LogP contribution is -2.11. The van der Waals surface area contributed by atoms with Gasteiger partial charge in [0.05, 0.1) is 0 Å². The van der Waals surface area contributed by atoms with Crippen LogP contribution in [-0.4, -0.2) is 15.1 Å². The van der Waals surface area contributed by atoms with E-state index in [0.717, 1.165) is 24.6 Å². The summed E-state index contributed by atoms with van der Waals surface area (Å²) in [5, 5.41) is 4.10. The minimum atomic E-state index is 0.426. The minimum absolute atomic E-state index is 0.426. The van der Waals surface area contributed by atoms with Gasteiger partial charge in [-0.3, -0.25) is 0 Å². The Hall–Kier alpha value is -1.91. The number of hydrogen-bond donors (Lipinski definition) is 1. The van der Waals surface area contributed by atoms with Gasteiger partial charge in [0.25, 0.3) is 5.89 Å². The molecule has 0 aliphatic heterocycles. The van der Waals surface area contributed by atoms with Crippen LogP contribution in [0, 0.1) is 5.92 Å². The monoisotopic (exact) mass is 258 g/mol. The molecule has 0 spiro atoms. The van der Waals surface area contributed by atoms with Crippen LogP contribution in [0.25, 0.3) is 11.6 Å². The average Bonchev–Trinajstić information content (AvgIpc) is 2.89. The number of pyridine rings is 1. The standard InChI is InChI=1S/C14H18N4O/c1-9-5-7-10(8-6-9)13-17-14(19-18-13)11-3-2-4-12(15)16-11/h2-4,9-10H,5-8H2,1H3,(H2,15,16). The molecule has 2 N–H and O–H groups in total. The first kappa shape index (κ1) is 12.1.